The molecule has 2 rings (SSSR count). The van der Waals surface area contributed by atoms with Crippen molar-refractivity contribution in [3.8, 4) is 5.75 Å². The zero-order valence-corrected chi connectivity index (χ0v) is 14.2. The van der Waals surface area contributed by atoms with E-state index in [0.717, 1.165) is 28.2 Å². The molecule has 0 atom stereocenters. The van der Waals surface area contributed by atoms with E-state index in [-0.39, 0.29) is 24.5 Å². The quantitative estimate of drug-likeness (QED) is 0.731. The van der Waals surface area contributed by atoms with E-state index in [0.29, 0.717) is 12.3 Å². The summed E-state index contributed by atoms with van der Waals surface area (Å²) in [5, 5.41) is 11.8. The second kappa shape index (κ2) is 6.91. The number of amides is 1. The van der Waals surface area contributed by atoms with Gasteiger partial charge < -0.3 is 15.2 Å². The summed E-state index contributed by atoms with van der Waals surface area (Å²) in [7, 11) is 0. The monoisotopic (exact) mass is 405 g/mol. The normalized spacial score (nSPS) is 15.8. The fourth-order valence-corrected chi connectivity index (χ4v) is 3.16. The molecule has 0 spiro atoms. The first kappa shape index (κ1) is 15.8. The van der Waals surface area contributed by atoms with Crippen LogP contribution in [0, 0.1) is 5.41 Å². The van der Waals surface area contributed by atoms with Gasteiger partial charge in [-0.2, -0.15) is 0 Å². The maximum absolute atomic E-state index is 11.8. The summed E-state index contributed by atoms with van der Waals surface area (Å²) in [6, 6.07) is 5.53. The molecule has 6 heteroatoms. The summed E-state index contributed by atoms with van der Waals surface area (Å²) >= 11 is 6.74. The zero-order chi connectivity index (χ0) is 14.6. The summed E-state index contributed by atoms with van der Waals surface area (Å²) in [5.41, 5.74) is 0.128. The third-order valence-corrected chi connectivity index (χ3v) is 4.63. The predicted octanol–water partition coefficient (Wildman–Crippen LogP) is 2.87. The molecule has 0 bridgehead atoms. The molecule has 110 valence electrons. The van der Waals surface area contributed by atoms with E-state index in [2.05, 4.69) is 37.2 Å². The van der Waals surface area contributed by atoms with Gasteiger partial charge in [0, 0.05) is 17.6 Å². The van der Waals surface area contributed by atoms with Gasteiger partial charge in [0.15, 0.2) is 6.61 Å². The largest absolute Gasteiger partial charge is 0.483 e. The number of hydrogen-bond acceptors (Lipinski definition) is 3. The van der Waals surface area contributed by atoms with Crippen molar-refractivity contribution < 1.29 is 14.6 Å². The Kier molecular flexibility index (Phi) is 5.46. The number of aliphatic hydroxyl groups excluding tert-OH is 1. The number of halogens is 2. The van der Waals surface area contributed by atoms with Crippen LogP contribution in [0.4, 0.5) is 0 Å². The second-order valence-corrected chi connectivity index (χ2v) is 6.88. The second-order valence-electron chi connectivity index (χ2n) is 5.11. The maximum atomic E-state index is 11.8. The lowest BCUT2D eigenvalue weighted by Gasteiger charge is -2.15. The summed E-state index contributed by atoms with van der Waals surface area (Å²) in [4.78, 5) is 11.8. The molecular weight excluding hydrogens is 390 g/mol. The number of rotatable bonds is 7. The van der Waals surface area contributed by atoms with Crippen molar-refractivity contribution in [1.82, 2.24) is 5.32 Å². The van der Waals surface area contributed by atoms with Crippen LogP contribution >= 0.6 is 31.9 Å². The number of nitrogens with one attached hydrogen (secondary N) is 1. The Bertz CT molecular complexity index is 489. The minimum Gasteiger partial charge on any atom is -0.483 e. The van der Waals surface area contributed by atoms with Gasteiger partial charge >= 0.3 is 0 Å². The number of carbonyl (C=O) groups is 1. The van der Waals surface area contributed by atoms with Gasteiger partial charge in [0.2, 0.25) is 0 Å². The summed E-state index contributed by atoms with van der Waals surface area (Å²) in [6.45, 7) is 0.797. The lowest BCUT2D eigenvalue weighted by Crippen LogP contribution is -2.34. The van der Waals surface area contributed by atoms with Gasteiger partial charge in [-0.3, -0.25) is 4.79 Å². The Balaban J connectivity index is 1.75. The SMILES string of the molecule is O=C(COc1ccc(Br)cc1Br)NCC1(CCO)CC1. The van der Waals surface area contributed by atoms with Gasteiger partial charge in [-0.05, 0) is 58.8 Å². The number of carbonyl (C=O) groups excluding carboxylic acids is 1. The van der Waals surface area contributed by atoms with E-state index in [4.69, 9.17) is 9.84 Å². The molecule has 1 aromatic rings. The molecule has 1 fully saturated rings. The number of aliphatic hydroxyl groups is 1. The first-order chi connectivity index (χ1) is 9.54. The highest BCUT2D eigenvalue weighted by Crippen LogP contribution is 2.47. The lowest BCUT2D eigenvalue weighted by atomic mass is 10.0. The van der Waals surface area contributed by atoms with Crippen molar-refractivity contribution in [3.05, 3.63) is 27.1 Å². The number of benzene rings is 1. The van der Waals surface area contributed by atoms with Gasteiger partial charge in [-0.1, -0.05) is 15.9 Å². The van der Waals surface area contributed by atoms with Crippen LogP contribution in [0.5, 0.6) is 5.75 Å². The van der Waals surface area contributed by atoms with Crippen LogP contribution in [0.15, 0.2) is 27.1 Å². The van der Waals surface area contributed by atoms with Crippen LogP contribution in [0.2, 0.25) is 0 Å². The van der Waals surface area contributed by atoms with Crippen LogP contribution in [-0.4, -0.2) is 30.8 Å². The highest BCUT2D eigenvalue weighted by Gasteiger charge is 2.41. The Morgan fingerprint density at radius 3 is 2.75 bits per heavy atom. The standard InChI is InChI=1S/C14H17Br2NO3/c15-10-1-2-12(11(16)7-10)20-8-13(19)17-9-14(3-4-14)5-6-18/h1-2,7,18H,3-6,8-9H2,(H,17,19). The highest BCUT2D eigenvalue weighted by molar-refractivity contribution is 9.11. The third-order valence-electron chi connectivity index (χ3n) is 3.51. The molecule has 4 nitrogen and oxygen atoms in total. The van der Waals surface area contributed by atoms with E-state index in [1.165, 1.54) is 0 Å². The highest BCUT2D eigenvalue weighted by atomic mass is 79.9. The Labute approximate surface area is 135 Å². The molecule has 1 saturated carbocycles. The van der Waals surface area contributed by atoms with Crippen LogP contribution in [-0.2, 0) is 4.79 Å². The van der Waals surface area contributed by atoms with E-state index in [9.17, 15) is 4.79 Å². The Hall–Kier alpha value is -0.590. The van der Waals surface area contributed by atoms with Crippen LogP contribution in [0.1, 0.15) is 19.3 Å². The molecular formula is C14H17Br2NO3. The fraction of sp³-hybridized carbons (Fsp3) is 0.500. The van der Waals surface area contributed by atoms with E-state index in [1.54, 1.807) is 6.07 Å². The van der Waals surface area contributed by atoms with Crippen molar-refractivity contribution in [3.63, 3.8) is 0 Å². The predicted molar refractivity (Wildman–Crippen MR) is 83.7 cm³/mol. The molecule has 0 unspecified atom stereocenters. The smallest absolute Gasteiger partial charge is 0.257 e. The molecule has 0 saturated heterocycles. The van der Waals surface area contributed by atoms with Gasteiger partial charge in [0.05, 0.1) is 4.47 Å². The van der Waals surface area contributed by atoms with Crippen molar-refractivity contribution >= 4 is 37.8 Å². The van der Waals surface area contributed by atoms with Crippen molar-refractivity contribution in [2.45, 2.75) is 19.3 Å². The average molecular weight is 407 g/mol. The van der Waals surface area contributed by atoms with Gasteiger partial charge in [-0.15, -0.1) is 0 Å². The molecule has 0 heterocycles. The Morgan fingerprint density at radius 1 is 1.40 bits per heavy atom. The third kappa shape index (κ3) is 4.46. The molecule has 20 heavy (non-hydrogen) atoms. The molecule has 1 aliphatic rings. The maximum Gasteiger partial charge on any atom is 0.257 e. The number of hydrogen-bond donors (Lipinski definition) is 2. The lowest BCUT2D eigenvalue weighted by molar-refractivity contribution is -0.123. The topological polar surface area (TPSA) is 58.6 Å². The Morgan fingerprint density at radius 2 is 2.15 bits per heavy atom. The molecule has 0 aliphatic heterocycles. The molecule has 1 amide bonds. The minimum atomic E-state index is -0.135. The molecule has 1 aromatic carbocycles. The van der Waals surface area contributed by atoms with Gasteiger partial charge in [-0.25, -0.2) is 0 Å². The first-order valence-corrected chi connectivity index (χ1v) is 8.09. The van der Waals surface area contributed by atoms with E-state index in [1.807, 2.05) is 12.1 Å². The zero-order valence-electron chi connectivity index (χ0n) is 11.0. The van der Waals surface area contributed by atoms with E-state index < -0.39 is 0 Å². The molecule has 0 aromatic heterocycles. The summed E-state index contributed by atoms with van der Waals surface area (Å²) in [6.07, 6.45) is 2.91. The van der Waals surface area contributed by atoms with Gasteiger partial charge in [0.25, 0.3) is 5.91 Å². The first-order valence-electron chi connectivity index (χ1n) is 6.50. The fourth-order valence-electron chi connectivity index (χ4n) is 2.00. The molecule has 1 aliphatic carbocycles. The van der Waals surface area contributed by atoms with Gasteiger partial charge in [0.1, 0.15) is 5.75 Å². The molecule has 0 radical (unpaired) electrons. The van der Waals surface area contributed by atoms with Crippen molar-refractivity contribution in [1.29, 1.82) is 0 Å². The molecule has 2 N–H and O–H groups in total. The van der Waals surface area contributed by atoms with Crippen molar-refractivity contribution in [2.24, 2.45) is 5.41 Å². The average Bonchev–Trinajstić information content (AvgIpc) is 3.16. The van der Waals surface area contributed by atoms with Crippen LogP contribution in [0.3, 0.4) is 0 Å². The summed E-state index contributed by atoms with van der Waals surface area (Å²) in [5.74, 6) is 0.504. The van der Waals surface area contributed by atoms with Crippen molar-refractivity contribution in [2.75, 3.05) is 19.8 Å². The number of ether oxygens (including phenoxy) is 1. The van der Waals surface area contributed by atoms with E-state index >= 15 is 0 Å². The summed E-state index contributed by atoms with van der Waals surface area (Å²) < 4.78 is 7.22. The van der Waals surface area contributed by atoms with Crippen LogP contribution < -0.4 is 10.1 Å². The van der Waals surface area contributed by atoms with Crippen LogP contribution in [0.25, 0.3) is 0 Å². The minimum absolute atomic E-state index is 0.00453.